The highest BCUT2D eigenvalue weighted by Crippen LogP contribution is 2.32. The van der Waals surface area contributed by atoms with E-state index in [0.717, 1.165) is 38.9 Å². The predicted octanol–water partition coefficient (Wildman–Crippen LogP) is 4.15. The predicted molar refractivity (Wildman–Crippen MR) is 89.8 cm³/mol. The molecule has 1 aliphatic rings. The molecule has 0 unspecified atom stereocenters. The number of rotatable bonds is 11. The van der Waals surface area contributed by atoms with E-state index in [1.807, 2.05) is 11.8 Å². The van der Waals surface area contributed by atoms with Gasteiger partial charge in [0.2, 0.25) is 0 Å². The van der Waals surface area contributed by atoms with Crippen LogP contribution in [0.4, 0.5) is 0 Å². The molecule has 0 aromatic carbocycles. The Bertz CT molecular complexity index is 339. The van der Waals surface area contributed by atoms with E-state index in [1.165, 1.54) is 11.5 Å². The summed E-state index contributed by atoms with van der Waals surface area (Å²) in [5.74, 6) is 3.09. The fraction of sp³-hybridized carbons (Fsp3) is 0.706. The molecule has 1 N–H and O–H groups in total. The first-order valence-corrected chi connectivity index (χ1v) is 9.06. The smallest absolute Gasteiger partial charge is 0.303 e. The third-order valence-corrected chi connectivity index (χ3v) is 4.97. The molecule has 3 nitrogen and oxygen atoms in total. The maximum Gasteiger partial charge on any atom is 0.303 e. The number of carbonyl (C=O) groups is 1. The molecule has 0 aromatic rings. The molecule has 0 radical (unpaired) electrons. The summed E-state index contributed by atoms with van der Waals surface area (Å²) in [7, 11) is 0. The molecular weight excluding hydrogens is 284 g/mol. The molecule has 0 spiro atoms. The minimum atomic E-state index is -0.704. The van der Waals surface area contributed by atoms with Gasteiger partial charge in [-0.1, -0.05) is 31.2 Å². The Balaban J connectivity index is 2.13. The molecular formula is C17H28O3S. The quantitative estimate of drug-likeness (QED) is 0.460. The van der Waals surface area contributed by atoms with Crippen LogP contribution < -0.4 is 0 Å². The Morgan fingerprint density at radius 2 is 2.05 bits per heavy atom. The molecule has 0 saturated carbocycles. The third kappa shape index (κ3) is 8.99. The van der Waals surface area contributed by atoms with Crippen LogP contribution in [0.25, 0.3) is 0 Å². The normalized spacial score (nSPS) is 22.5. The minimum Gasteiger partial charge on any atom is -0.481 e. The molecule has 1 saturated heterocycles. The van der Waals surface area contributed by atoms with Crippen LogP contribution in [0.2, 0.25) is 0 Å². The Morgan fingerprint density at radius 1 is 1.24 bits per heavy atom. The van der Waals surface area contributed by atoms with Crippen LogP contribution >= 0.6 is 11.8 Å². The van der Waals surface area contributed by atoms with Crippen molar-refractivity contribution in [2.75, 3.05) is 24.7 Å². The fourth-order valence-electron chi connectivity index (χ4n) is 2.37. The zero-order valence-electron chi connectivity index (χ0n) is 13.0. The SMILES string of the molecule is CCC=CCOC[C@@H]1CSC[C@@H]1CC=CCCCC(=O)O. The number of carboxylic acids is 1. The van der Waals surface area contributed by atoms with E-state index in [0.29, 0.717) is 11.8 Å². The second kappa shape index (κ2) is 11.9. The summed E-state index contributed by atoms with van der Waals surface area (Å²) in [6, 6.07) is 0. The lowest BCUT2D eigenvalue weighted by Crippen LogP contribution is -2.18. The monoisotopic (exact) mass is 312 g/mol. The van der Waals surface area contributed by atoms with Gasteiger partial charge in [-0.05, 0) is 49.0 Å². The van der Waals surface area contributed by atoms with Gasteiger partial charge in [0.15, 0.2) is 0 Å². The lowest BCUT2D eigenvalue weighted by atomic mass is 9.93. The van der Waals surface area contributed by atoms with Gasteiger partial charge in [-0.25, -0.2) is 0 Å². The number of ether oxygens (including phenoxy) is 1. The average molecular weight is 312 g/mol. The number of carboxylic acid groups (broad SMARTS) is 1. The first-order valence-electron chi connectivity index (χ1n) is 7.91. The highest BCUT2D eigenvalue weighted by molar-refractivity contribution is 7.99. The Kier molecular flexibility index (Phi) is 10.3. The van der Waals surface area contributed by atoms with Crippen LogP contribution in [0.5, 0.6) is 0 Å². The van der Waals surface area contributed by atoms with Crippen molar-refractivity contribution in [2.24, 2.45) is 11.8 Å². The highest BCUT2D eigenvalue weighted by Gasteiger charge is 2.26. The van der Waals surface area contributed by atoms with Gasteiger partial charge >= 0.3 is 5.97 Å². The molecule has 0 aromatic heterocycles. The summed E-state index contributed by atoms with van der Waals surface area (Å²) in [4.78, 5) is 10.4. The highest BCUT2D eigenvalue weighted by atomic mass is 32.2. The maximum absolute atomic E-state index is 10.4. The van der Waals surface area contributed by atoms with Gasteiger partial charge in [-0.2, -0.15) is 11.8 Å². The Hall–Kier alpha value is -0.740. The van der Waals surface area contributed by atoms with E-state index < -0.39 is 5.97 Å². The van der Waals surface area contributed by atoms with Gasteiger partial charge in [-0.3, -0.25) is 4.79 Å². The summed E-state index contributed by atoms with van der Waals surface area (Å²) >= 11 is 2.02. The second-order valence-corrected chi connectivity index (χ2v) is 6.54. The lowest BCUT2D eigenvalue weighted by Gasteiger charge is -2.16. The molecule has 0 amide bonds. The van der Waals surface area contributed by atoms with Crippen LogP contribution in [0.1, 0.15) is 39.0 Å². The fourth-order valence-corrected chi connectivity index (χ4v) is 3.89. The van der Waals surface area contributed by atoms with Crippen LogP contribution in [0, 0.1) is 11.8 Å². The van der Waals surface area contributed by atoms with E-state index in [9.17, 15) is 4.79 Å². The number of aliphatic carboxylic acids is 1. The molecule has 0 aliphatic carbocycles. The van der Waals surface area contributed by atoms with E-state index in [1.54, 1.807) is 0 Å². The van der Waals surface area contributed by atoms with E-state index in [4.69, 9.17) is 9.84 Å². The molecule has 1 aliphatic heterocycles. The van der Waals surface area contributed by atoms with Crippen molar-refractivity contribution >= 4 is 17.7 Å². The molecule has 120 valence electrons. The van der Waals surface area contributed by atoms with Crippen molar-refractivity contribution in [2.45, 2.75) is 39.0 Å². The van der Waals surface area contributed by atoms with E-state index >= 15 is 0 Å². The van der Waals surface area contributed by atoms with Gasteiger partial charge in [0.1, 0.15) is 0 Å². The van der Waals surface area contributed by atoms with Gasteiger partial charge in [-0.15, -0.1) is 0 Å². The van der Waals surface area contributed by atoms with Crippen molar-refractivity contribution in [3.05, 3.63) is 24.3 Å². The standard InChI is InChI=1S/C17H28O3S/c1-2-3-8-11-20-12-16-14-21-13-15(16)9-6-4-5-7-10-17(18)19/h3-4,6,8,15-16H,2,5,7,9-14H2,1H3,(H,18,19)/t15-,16+/m0/s1. The minimum absolute atomic E-state index is 0.269. The van der Waals surface area contributed by atoms with E-state index in [2.05, 4.69) is 31.2 Å². The zero-order chi connectivity index (χ0) is 15.3. The summed E-state index contributed by atoms with van der Waals surface area (Å²) in [6.07, 6.45) is 12.6. The summed E-state index contributed by atoms with van der Waals surface area (Å²) in [5, 5.41) is 8.57. The average Bonchev–Trinajstić information content (AvgIpc) is 2.89. The number of thioether (sulfide) groups is 1. The first kappa shape index (κ1) is 18.3. The van der Waals surface area contributed by atoms with Crippen molar-refractivity contribution in [1.82, 2.24) is 0 Å². The summed E-state index contributed by atoms with van der Waals surface area (Å²) in [5.41, 5.74) is 0. The van der Waals surface area contributed by atoms with Crippen LogP contribution in [0.3, 0.4) is 0 Å². The second-order valence-electron chi connectivity index (χ2n) is 5.47. The largest absolute Gasteiger partial charge is 0.481 e. The van der Waals surface area contributed by atoms with Crippen molar-refractivity contribution in [1.29, 1.82) is 0 Å². The van der Waals surface area contributed by atoms with Gasteiger partial charge in [0.05, 0.1) is 13.2 Å². The number of allylic oxidation sites excluding steroid dienone is 3. The van der Waals surface area contributed by atoms with Crippen molar-refractivity contribution < 1.29 is 14.6 Å². The van der Waals surface area contributed by atoms with Gasteiger partial charge in [0, 0.05) is 6.42 Å². The Labute approximate surface area is 132 Å². The molecule has 2 atom stereocenters. The summed E-state index contributed by atoms with van der Waals surface area (Å²) < 4.78 is 5.73. The van der Waals surface area contributed by atoms with Crippen molar-refractivity contribution in [3.63, 3.8) is 0 Å². The first-order chi connectivity index (χ1) is 10.2. The van der Waals surface area contributed by atoms with Gasteiger partial charge in [0.25, 0.3) is 0 Å². The number of hydrogen-bond donors (Lipinski definition) is 1. The summed E-state index contributed by atoms with van der Waals surface area (Å²) in [6.45, 7) is 3.72. The molecule has 0 bridgehead atoms. The zero-order valence-corrected chi connectivity index (χ0v) is 13.8. The number of unbranched alkanes of at least 4 members (excludes halogenated alkanes) is 1. The lowest BCUT2D eigenvalue weighted by molar-refractivity contribution is -0.137. The molecule has 1 fully saturated rings. The molecule has 1 heterocycles. The molecule has 4 heteroatoms. The van der Waals surface area contributed by atoms with Crippen LogP contribution in [0.15, 0.2) is 24.3 Å². The third-order valence-electron chi connectivity index (χ3n) is 3.65. The number of hydrogen-bond acceptors (Lipinski definition) is 3. The van der Waals surface area contributed by atoms with Crippen LogP contribution in [-0.2, 0) is 9.53 Å². The van der Waals surface area contributed by atoms with Crippen molar-refractivity contribution in [3.8, 4) is 0 Å². The molecule has 21 heavy (non-hydrogen) atoms. The van der Waals surface area contributed by atoms with Crippen LogP contribution in [-0.4, -0.2) is 35.8 Å². The van der Waals surface area contributed by atoms with Gasteiger partial charge < -0.3 is 9.84 Å². The van der Waals surface area contributed by atoms with E-state index in [-0.39, 0.29) is 6.42 Å². The Morgan fingerprint density at radius 3 is 2.81 bits per heavy atom. The topological polar surface area (TPSA) is 46.5 Å². The maximum atomic E-state index is 10.4. The molecule has 1 rings (SSSR count).